The molecule has 0 fully saturated rings. The number of fused-ring (bicyclic) bond motifs is 2. The minimum atomic E-state index is -0.219. The van der Waals surface area contributed by atoms with Gasteiger partial charge in [-0.1, -0.05) is 18.2 Å². The molecule has 1 amide bonds. The summed E-state index contributed by atoms with van der Waals surface area (Å²) >= 11 is 0. The fourth-order valence-corrected chi connectivity index (χ4v) is 2.93. The number of amides is 1. The predicted molar refractivity (Wildman–Crippen MR) is 102 cm³/mol. The Hall–Kier alpha value is -3.41. The Bertz CT molecular complexity index is 1100. The first kappa shape index (κ1) is 16.1. The molecule has 130 valence electrons. The molecule has 6 heteroatoms. The Kier molecular flexibility index (Phi) is 4.01. The van der Waals surface area contributed by atoms with Gasteiger partial charge in [0.1, 0.15) is 5.75 Å². The predicted octanol–water partition coefficient (Wildman–Crippen LogP) is 3.87. The van der Waals surface area contributed by atoms with E-state index in [1.165, 1.54) is 0 Å². The third-order valence-corrected chi connectivity index (χ3v) is 4.31. The highest BCUT2D eigenvalue weighted by atomic mass is 16.5. The number of para-hydroxylation sites is 1. The second-order valence-electron chi connectivity index (χ2n) is 5.90. The SMILES string of the molecule is CCn1nc(NC(=O)c2ccc(OC)cc2)c2cc3ccccc3nc21. The topological polar surface area (TPSA) is 69.0 Å². The Morgan fingerprint density at radius 2 is 1.92 bits per heavy atom. The summed E-state index contributed by atoms with van der Waals surface area (Å²) in [6.45, 7) is 2.67. The number of rotatable bonds is 4. The molecule has 2 aromatic carbocycles. The van der Waals surface area contributed by atoms with Crippen LogP contribution in [0, 0.1) is 0 Å². The number of nitrogens with zero attached hydrogens (tertiary/aromatic N) is 3. The fraction of sp³-hybridized carbons (Fsp3) is 0.150. The number of pyridine rings is 1. The Morgan fingerprint density at radius 1 is 1.15 bits per heavy atom. The summed E-state index contributed by atoms with van der Waals surface area (Å²) in [4.78, 5) is 17.3. The number of carbonyl (C=O) groups excluding carboxylic acids is 1. The van der Waals surface area contributed by atoms with E-state index in [4.69, 9.17) is 9.72 Å². The molecular weight excluding hydrogens is 328 g/mol. The van der Waals surface area contributed by atoms with E-state index < -0.39 is 0 Å². The molecule has 0 radical (unpaired) electrons. The molecule has 0 saturated carbocycles. The Morgan fingerprint density at radius 3 is 2.65 bits per heavy atom. The molecule has 26 heavy (non-hydrogen) atoms. The summed E-state index contributed by atoms with van der Waals surface area (Å²) < 4.78 is 6.93. The molecule has 2 heterocycles. The lowest BCUT2D eigenvalue weighted by Crippen LogP contribution is -2.12. The van der Waals surface area contributed by atoms with E-state index in [2.05, 4.69) is 10.4 Å². The van der Waals surface area contributed by atoms with Gasteiger partial charge in [0, 0.05) is 17.5 Å². The van der Waals surface area contributed by atoms with Crippen molar-refractivity contribution in [3.05, 3.63) is 60.2 Å². The van der Waals surface area contributed by atoms with Crippen LogP contribution in [0.2, 0.25) is 0 Å². The van der Waals surface area contributed by atoms with Crippen LogP contribution in [0.25, 0.3) is 21.9 Å². The first-order valence-corrected chi connectivity index (χ1v) is 8.41. The maximum absolute atomic E-state index is 12.6. The summed E-state index contributed by atoms with van der Waals surface area (Å²) in [6.07, 6.45) is 0. The highest BCUT2D eigenvalue weighted by Crippen LogP contribution is 2.26. The zero-order valence-electron chi connectivity index (χ0n) is 14.6. The number of aromatic nitrogens is 3. The van der Waals surface area contributed by atoms with Crippen molar-refractivity contribution in [3.63, 3.8) is 0 Å². The number of ether oxygens (including phenoxy) is 1. The molecule has 0 saturated heterocycles. The maximum Gasteiger partial charge on any atom is 0.256 e. The second kappa shape index (κ2) is 6.48. The summed E-state index contributed by atoms with van der Waals surface area (Å²) in [6, 6.07) is 16.9. The number of methoxy groups -OCH3 is 1. The molecule has 0 aliphatic heterocycles. The van der Waals surface area contributed by atoms with Gasteiger partial charge < -0.3 is 10.1 Å². The first-order valence-electron chi connectivity index (χ1n) is 8.41. The Labute approximate surface area is 150 Å². The van der Waals surface area contributed by atoms with Gasteiger partial charge in [0.2, 0.25) is 0 Å². The van der Waals surface area contributed by atoms with Crippen molar-refractivity contribution in [2.75, 3.05) is 12.4 Å². The number of benzene rings is 2. The van der Waals surface area contributed by atoms with Crippen LogP contribution in [0.4, 0.5) is 5.82 Å². The minimum Gasteiger partial charge on any atom is -0.497 e. The number of carbonyl (C=O) groups is 1. The second-order valence-corrected chi connectivity index (χ2v) is 5.90. The van der Waals surface area contributed by atoms with Crippen molar-refractivity contribution >= 4 is 33.7 Å². The van der Waals surface area contributed by atoms with Crippen LogP contribution in [0.15, 0.2) is 54.6 Å². The first-order chi connectivity index (χ1) is 12.7. The van der Waals surface area contributed by atoms with E-state index in [1.807, 2.05) is 37.3 Å². The molecule has 0 atom stereocenters. The molecule has 0 aliphatic carbocycles. The van der Waals surface area contributed by atoms with Gasteiger partial charge in [-0.15, -0.1) is 0 Å². The summed E-state index contributed by atoms with van der Waals surface area (Å²) in [5.41, 5.74) is 2.21. The van der Waals surface area contributed by atoms with E-state index >= 15 is 0 Å². The number of anilines is 1. The van der Waals surface area contributed by atoms with Crippen LogP contribution in [-0.2, 0) is 6.54 Å². The molecule has 0 unspecified atom stereocenters. The third kappa shape index (κ3) is 2.75. The average Bonchev–Trinajstić information content (AvgIpc) is 3.02. The van der Waals surface area contributed by atoms with Gasteiger partial charge in [0.25, 0.3) is 5.91 Å². The molecule has 4 rings (SSSR count). The Balaban J connectivity index is 1.75. The fourth-order valence-electron chi connectivity index (χ4n) is 2.93. The summed E-state index contributed by atoms with van der Waals surface area (Å²) in [7, 11) is 1.59. The van der Waals surface area contributed by atoms with Gasteiger partial charge in [-0.3, -0.25) is 4.79 Å². The van der Waals surface area contributed by atoms with Gasteiger partial charge in [0.05, 0.1) is 18.0 Å². The molecule has 0 aliphatic rings. The lowest BCUT2D eigenvalue weighted by atomic mass is 10.2. The van der Waals surface area contributed by atoms with Crippen LogP contribution >= 0.6 is 0 Å². The third-order valence-electron chi connectivity index (χ3n) is 4.31. The van der Waals surface area contributed by atoms with Crippen molar-refractivity contribution in [2.45, 2.75) is 13.5 Å². The van der Waals surface area contributed by atoms with E-state index in [9.17, 15) is 4.79 Å². The molecule has 4 aromatic rings. The average molecular weight is 346 g/mol. The molecule has 0 spiro atoms. The normalized spacial score (nSPS) is 11.0. The van der Waals surface area contributed by atoms with Crippen molar-refractivity contribution in [1.82, 2.24) is 14.8 Å². The lowest BCUT2D eigenvalue weighted by Gasteiger charge is -2.04. The largest absolute Gasteiger partial charge is 0.497 e. The van der Waals surface area contributed by atoms with Crippen LogP contribution in [0.5, 0.6) is 5.75 Å². The van der Waals surface area contributed by atoms with Crippen LogP contribution in [0.1, 0.15) is 17.3 Å². The minimum absolute atomic E-state index is 0.219. The molecule has 0 bridgehead atoms. The number of hydrogen-bond donors (Lipinski definition) is 1. The van der Waals surface area contributed by atoms with Crippen molar-refractivity contribution in [3.8, 4) is 5.75 Å². The number of hydrogen-bond acceptors (Lipinski definition) is 4. The van der Waals surface area contributed by atoms with Crippen LogP contribution < -0.4 is 10.1 Å². The summed E-state index contributed by atoms with van der Waals surface area (Å²) in [5.74, 6) is 1.00. The van der Waals surface area contributed by atoms with E-state index in [1.54, 1.807) is 36.1 Å². The van der Waals surface area contributed by atoms with Gasteiger partial charge in [-0.2, -0.15) is 5.10 Å². The highest BCUT2D eigenvalue weighted by molar-refractivity contribution is 6.08. The lowest BCUT2D eigenvalue weighted by molar-refractivity contribution is 0.102. The molecule has 6 nitrogen and oxygen atoms in total. The van der Waals surface area contributed by atoms with Crippen molar-refractivity contribution < 1.29 is 9.53 Å². The van der Waals surface area contributed by atoms with Gasteiger partial charge >= 0.3 is 0 Å². The maximum atomic E-state index is 12.6. The highest BCUT2D eigenvalue weighted by Gasteiger charge is 2.15. The van der Waals surface area contributed by atoms with Crippen LogP contribution in [0.3, 0.4) is 0 Å². The number of nitrogens with one attached hydrogen (secondary N) is 1. The molecule has 1 N–H and O–H groups in total. The van der Waals surface area contributed by atoms with Crippen molar-refractivity contribution in [1.29, 1.82) is 0 Å². The van der Waals surface area contributed by atoms with Gasteiger partial charge in [-0.25, -0.2) is 9.67 Å². The number of aryl methyl sites for hydroxylation is 1. The van der Waals surface area contributed by atoms with E-state index in [-0.39, 0.29) is 5.91 Å². The zero-order valence-corrected chi connectivity index (χ0v) is 14.6. The quantitative estimate of drug-likeness (QED) is 0.609. The smallest absolute Gasteiger partial charge is 0.256 e. The summed E-state index contributed by atoms with van der Waals surface area (Å²) in [5, 5.41) is 9.27. The van der Waals surface area contributed by atoms with Crippen molar-refractivity contribution in [2.24, 2.45) is 0 Å². The standard InChI is InChI=1S/C20H18N4O2/c1-3-24-19-16(12-14-6-4-5-7-17(14)21-19)18(23-24)22-20(25)13-8-10-15(26-2)11-9-13/h4-12H,3H2,1-2H3,(H,22,23,25). The van der Waals surface area contributed by atoms with Gasteiger partial charge in [0.15, 0.2) is 11.5 Å². The van der Waals surface area contributed by atoms with E-state index in [0.717, 1.165) is 21.9 Å². The molecular formula is C20H18N4O2. The zero-order chi connectivity index (χ0) is 18.1. The molecule has 2 aromatic heterocycles. The van der Waals surface area contributed by atoms with E-state index in [0.29, 0.717) is 23.7 Å². The van der Waals surface area contributed by atoms with Gasteiger partial charge in [-0.05, 0) is 43.3 Å². The van der Waals surface area contributed by atoms with Crippen LogP contribution in [-0.4, -0.2) is 27.8 Å². The monoisotopic (exact) mass is 346 g/mol.